The van der Waals surface area contributed by atoms with Gasteiger partial charge in [-0.05, 0) is 26.8 Å². The van der Waals surface area contributed by atoms with Crippen LogP contribution in [0.5, 0.6) is 5.75 Å². The molecule has 7 nitrogen and oxygen atoms in total. The molecule has 2 unspecified atom stereocenters. The predicted molar refractivity (Wildman–Crippen MR) is 76.3 cm³/mol. The molecule has 21 heavy (non-hydrogen) atoms. The van der Waals surface area contributed by atoms with Crippen molar-refractivity contribution in [2.75, 3.05) is 13.2 Å². The van der Waals surface area contributed by atoms with Gasteiger partial charge in [-0.25, -0.2) is 0 Å². The molecule has 0 aromatic heterocycles. The van der Waals surface area contributed by atoms with Gasteiger partial charge in [0, 0.05) is 17.7 Å². The molecule has 7 heteroatoms. The SMILES string of the molecule is CC(C)OCC(O)COc1ccc([N+](=O)[O-])cc1C(C)O. The van der Waals surface area contributed by atoms with Gasteiger partial charge < -0.3 is 19.7 Å². The molecule has 0 aliphatic carbocycles. The molecule has 0 radical (unpaired) electrons. The summed E-state index contributed by atoms with van der Waals surface area (Å²) in [6.07, 6.45) is -1.72. The number of aliphatic hydroxyl groups is 2. The third kappa shape index (κ3) is 5.66. The fourth-order valence-electron chi connectivity index (χ4n) is 1.64. The lowest BCUT2D eigenvalue weighted by molar-refractivity contribution is -0.385. The molecule has 0 fully saturated rings. The minimum atomic E-state index is -0.913. The summed E-state index contributed by atoms with van der Waals surface area (Å²) in [5.41, 5.74) is 0.183. The molecular weight excluding hydrogens is 278 g/mol. The number of rotatable bonds is 8. The Morgan fingerprint density at radius 2 is 1.90 bits per heavy atom. The molecule has 1 aromatic carbocycles. The first-order valence-corrected chi connectivity index (χ1v) is 6.70. The van der Waals surface area contributed by atoms with Crippen molar-refractivity contribution in [1.29, 1.82) is 0 Å². The first-order valence-electron chi connectivity index (χ1n) is 6.70. The summed E-state index contributed by atoms with van der Waals surface area (Å²) in [4.78, 5) is 10.2. The Kier molecular flexibility index (Phi) is 6.54. The Labute approximate surface area is 123 Å². The second kappa shape index (κ2) is 7.92. The van der Waals surface area contributed by atoms with Gasteiger partial charge in [-0.15, -0.1) is 0 Å². The highest BCUT2D eigenvalue weighted by molar-refractivity contribution is 5.44. The van der Waals surface area contributed by atoms with Crippen molar-refractivity contribution in [3.8, 4) is 5.75 Å². The molecule has 0 aliphatic rings. The highest BCUT2D eigenvalue weighted by Crippen LogP contribution is 2.29. The highest BCUT2D eigenvalue weighted by atomic mass is 16.6. The summed E-state index contributed by atoms with van der Waals surface area (Å²) in [6, 6.07) is 3.96. The minimum Gasteiger partial charge on any atom is -0.490 e. The number of hydrogen-bond donors (Lipinski definition) is 2. The van der Waals surface area contributed by atoms with Crippen LogP contribution in [0.1, 0.15) is 32.4 Å². The van der Waals surface area contributed by atoms with Crippen molar-refractivity contribution in [3.63, 3.8) is 0 Å². The van der Waals surface area contributed by atoms with Gasteiger partial charge in [-0.1, -0.05) is 0 Å². The normalized spacial score (nSPS) is 14.0. The average molecular weight is 299 g/mol. The summed E-state index contributed by atoms with van der Waals surface area (Å²) in [7, 11) is 0. The second-order valence-corrected chi connectivity index (χ2v) is 5.00. The van der Waals surface area contributed by atoms with Gasteiger partial charge in [0.25, 0.3) is 5.69 Å². The van der Waals surface area contributed by atoms with Crippen LogP contribution in [0.4, 0.5) is 5.69 Å². The molecule has 0 heterocycles. The summed E-state index contributed by atoms with van der Waals surface area (Å²) < 4.78 is 10.7. The fraction of sp³-hybridized carbons (Fsp3) is 0.571. The van der Waals surface area contributed by atoms with Crippen LogP contribution in [0.25, 0.3) is 0 Å². The lowest BCUT2D eigenvalue weighted by Gasteiger charge is -2.17. The predicted octanol–water partition coefficient (Wildman–Crippen LogP) is 1.81. The lowest BCUT2D eigenvalue weighted by atomic mass is 10.1. The molecule has 1 aromatic rings. The van der Waals surface area contributed by atoms with E-state index in [0.717, 1.165) is 0 Å². The van der Waals surface area contributed by atoms with Gasteiger partial charge in [0.1, 0.15) is 18.5 Å². The number of nitro groups is 1. The monoisotopic (exact) mass is 299 g/mol. The first-order chi connectivity index (χ1) is 9.81. The van der Waals surface area contributed by atoms with Crippen molar-refractivity contribution >= 4 is 5.69 Å². The smallest absolute Gasteiger partial charge is 0.270 e. The maximum absolute atomic E-state index is 10.7. The zero-order valence-electron chi connectivity index (χ0n) is 12.4. The quantitative estimate of drug-likeness (QED) is 0.560. The van der Waals surface area contributed by atoms with E-state index >= 15 is 0 Å². The number of ether oxygens (including phenoxy) is 2. The van der Waals surface area contributed by atoms with Gasteiger partial charge in [-0.2, -0.15) is 0 Å². The summed E-state index contributed by atoms with van der Waals surface area (Å²) in [6.45, 7) is 5.31. The van der Waals surface area contributed by atoms with E-state index in [1.807, 2.05) is 13.8 Å². The Hall–Kier alpha value is -1.70. The van der Waals surface area contributed by atoms with E-state index < -0.39 is 17.1 Å². The van der Waals surface area contributed by atoms with Gasteiger partial charge in [0.2, 0.25) is 0 Å². The molecule has 1 rings (SSSR count). The van der Waals surface area contributed by atoms with E-state index in [2.05, 4.69) is 0 Å². The molecule has 0 saturated heterocycles. The molecule has 0 aliphatic heterocycles. The van der Waals surface area contributed by atoms with E-state index in [1.165, 1.54) is 25.1 Å². The molecule has 0 saturated carbocycles. The van der Waals surface area contributed by atoms with Crippen molar-refractivity contribution in [3.05, 3.63) is 33.9 Å². The van der Waals surface area contributed by atoms with Crippen molar-refractivity contribution in [1.82, 2.24) is 0 Å². The molecule has 2 atom stereocenters. The van der Waals surface area contributed by atoms with E-state index in [4.69, 9.17) is 9.47 Å². The Morgan fingerprint density at radius 1 is 1.24 bits per heavy atom. The van der Waals surface area contributed by atoms with Crippen LogP contribution in [0.3, 0.4) is 0 Å². The maximum Gasteiger partial charge on any atom is 0.270 e. The van der Waals surface area contributed by atoms with Crippen LogP contribution >= 0.6 is 0 Å². The summed E-state index contributed by atoms with van der Waals surface area (Å²) in [5.74, 6) is 0.305. The number of nitrogens with zero attached hydrogens (tertiary/aromatic N) is 1. The Morgan fingerprint density at radius 3 is 2.43 bits per heavy atom. The largest absolute Gasteiger partial charge is 0.490 e. The van der Waals surface area contributed by atoms with Crippen LogP contribution in [-0.2, 0) is 4.74 Å². The van der Waals surface area contributed by atoms with E-state index in [1.54, 1.807) is 0 Å². The minimum absolute atomic E-state index is 0.00653. The molecule has 0 spiro atoms. The number of benzene rings is 1. The lowest BCUT2D eigenvalue weighted by Crippen LogP contribution is -2.25. The maximum atomic E-state index is 10.7. The molecule has 0 amide bonds. The molecule has 118 valence electrons. The fourth-order valence-corrected chi connectivity index (χ4v) is 1.64. The van der Waals surface area contributed by atoms with Gasteiger partial charge in [0.15, 0.2) is 0 Å². The van der Waals surface area contributed by atoms with Crippen molar-refractivity contribution in [2.24, 2.45) is 0 Å². The van der Waals surface area contributed by atoms with Gasteiger partial charge >= 0.3 is 0 Å². The standard InChI is InChI=1S/C14H21NO6/c1-9(2)20-7-12(17)8-21-14-5-4-11(15(18)19)6-13(14)10(3)16/h4-6,9-10,12,16-17H,7-8H2,1-3H3. The topological polar surface area (TPSA) is 102 Å². The van der Waals surface area contributed by atoms with Gasteiger partial charge in [0.05, 0.1) is 23.7 Å². The van der Waals surface area contributed by atoms with E-state index in [9.17, 15) is 20.3 Å². The third-order valence-corrected chi connectivity index (χ3v) is 2.71. The van der Waals surface area contributed by atoms with E-state index in [0.29, 0.717) is 11.3 Å². The average Bonchev–Trinajstić information content (AvgIpc) is 2.42. The van der Waals surface area contributed by atoms with Crippen LogP contribution in [-0.4, -0.2) is 40.6 Å². The zero-order valence-corrected chi connectivity index (χ0v) is 12.4. The van der Waals surface area contributed by atoms with Crippen molar-refractivity contribution < 1.29 is 24.6 Å². The van der Waals surface area contributed by atoms with Gasteiger partial charge in [-0.3, -0.25) is 10.1 Å². The van der Waals surface area contributed by atoms with Crippen molar-refractivity contribution in [2.45, 2.75) is 39.1 Å². The number of aliphatic hydroxyl groups excluding tert-OH is 2. The summed E-state index contributed by atoms with van der Waals surface area (Å²) >= 11 is 0. The Bertz CT molecular complexity index is 475. The molecule has 2 N–H and O–H groups in total. The number of hydrogen-bond acceptors (Lipinski definition) is 6. The van der Waals surface area contributed by atoms with Crippen LogP contribution in [0.15, 0.2) is 18.2 Å². The molecule has 0 bridgehead atoms. The second-order valence-electron chi connectivity index (χ2n) is 5.00. The Balaban J connectivity index is 2.72. The van der Waals surface area contributed by atoms with Crippen LogP contribution in [0, 0.1) is 10.1 Å². The summed E-state index contributed by atoms with van der Waals surface area (Å²) in [5, 5.41) is 30.1. The highest BCUT2D eigenvalue weighted by Gasteiger charge is 2.16. The first kappa shape index (κ1) is 17.4. The van der Waals surface area contributed by atoms with Crippen LogP contribution in [0.2, 0.25) is 0 Å². The zero-order chi connectivity index (χ0) is 16.0. The third-order valence-electron chi connectivity index (χ3n) is 2.71. The van der Waals surface area contributed by atoms with Crippen LogP contribution < -0.4 is 4.74 Å². The number of non-ortho nitro benzene ring substituents is 1. The molecular formula is C14H21NO6. The van der Waals surface area contributed by atoms with E-state index in [-0.39, 0.29) is 25.0 Å². The number of nitro benzene ring substituents is 1.